The van der Waals surface area contributed by atoms with Crippen molar-refractivity contribution < 1.29 is 4.79 Å². The van der Waals surface area contributed by atoms with E-state index in [4.69, 9.17) is 5.73 Å². The summed E-state index contributed by atoms with van der Waals surface area (Å²) in [6.45, 7) is 2.46. The Morgan fingerprint density at radius 1 is 1.04 bits per heavy atom. The summed E-state index contributed by atoms with van der Waals surface area (Å²) in [4.78, 5) is 14.4. The van der Waals surface area contributed by atoms with Crippen LogP contribution in [0.1, 0.15) is 30.4 Å². The van der Waals surface area contributed by atoms with E-state index in [0.717, 1.165) is 6.42 Å². The van der Waals surface area contributed by atoms with Gasteiger partial charge in [-0.1, -0.05) is 60.7 Å². The second-order valence-electron chi connectivity index (χ2n) is 6.09. The molecule has 0 aromatic heterocycles. The van der Waals surface area contributed by atoms with Crippen LogP contribution in [0, 0.1) is 0 Å². The molecule has 122 valence electrons. The lowest BCUT2D eigenvalue weighted by molar-refractivity contribution is -0.131. The normalized spacial score (nSPS) is 13.3. The number of nitrogens with two attached hydrogens (primary N) is 1. The van der Waals surface area contributed by atoms with Crippen LogP contribution < -0.4 is 5.73 Å². The van der Waals surface area contributed by atoms with Crippen LogP contribution in [-0.2, 0) is 11.2 Å². The van der Waals surface area contributed by atoms with Gasteiger partial charge in [-0.05, 0) is 30.4 Å². The van der Waals surface area contributed by atoms with Crippen molar-refractivity contribution in [3.05, 3.63) is 71.8 Å². The highest BCUT2D eigenvalue weighted by Crippen LogP contribution is 2.25. The van der Waals surface area contributed by atoms with Crippen LogP contribution in [0.3, 0.4) is 0 Å². The Morgan fingerprint density at radius 3 is 2.17 bits per heavy atom. The van der Waals surface area contributed by atoms with E-state index in [1.807, 2.05) is 50.4 Å². The molecule has 0 spiro atoms. The molecule has 23 heavy (non-hydrogen) atoms. The fraction of sp³-hybridized carbons (Fsp3) is 0.350. The first kappa shape index (κ1) is 17.2. The Morgan fingerprint density at radius 2 is 1.61 bits per heavy atom. The molecule has 2 unspecified atom stereocenters. The molecule has 3 heteroatoms. The van der Waals surface area contributed by atoms with E-state index in [2.05, 4.69) is 24.3 Å². The molecule has 1 amide bonds. The van der Waals surface area contributed by atoms with E-state index in [-0.39, 0.29) is 17.9 Å². The summed E-state index contributed by atoms with van der Waals surface area (Å²) in [6, 6.07) is 20.7. The molecule has 2 aromatic carbocycles. The number of hydrogen-bond donors (Lipinski definition) is 1. The Balaban J connectivity index is 2.16. The van der Waals surface area contributed by atoms with Crippen LogP contribution in [0.15, 0.2) is 60.7 Å². The number of benzene rings is 2. The summed E-state index contributed by atoms with van der Waals surface area (Å²) < 4.78 is 0. The molecule has 2 N–H and O–H groups in total. The Labute approximate surface area is 139 Å². The molecule has 0 saturated carbocycles. The van der Waals surface area contributed by atoms with Gasteiger partial charge in [0.05, 0.1) is 0 Å². The van der Waals surface area contributed by atoms with Crippen molar-refractivity contribution in [1.29, 1.82) is 0 Å². The van der Waals surface area contributed by atoms with Crippen LogP contribution in [0.5, 0.6) is 0 Å². The van der Waals surface area contributed by atoms with Crippen LogP contribution >= 0.6 is 0 Å². The Kier molecular flexibility index (Phi) is 6.36. The van der Waals surface area contributed by atoms with Gasteiger partial charge in [-0.15, -0.1) is 0 Å². The van der Waals surface area contributed by atoms with Crippen LogP contribution in [0.25, 0.3) is 0 Å². The van der Waals surface area contributed by atoms with E-state index in [1.165, 1.54) is 11.1 Å². The number of amides is 1. The first-order valence-electron chi connectivity index (χ1n) is 8.16. The molecule has 0 heterocycles. The summed E-state index contributed by atoms with van der Waals surface area (Å²) >= 11 is 0. The Bertz CT molecular complexity index is 598. The lowest BCUT2D eigenvalue weighted by Crippen LogP contribution is -2.40. The van der Waals surface area contributed by atoms with E-state index < -0.39 is 0 Å². The van der Waals surface area contributed by atoms with Crippen molar-refractivity contribution in [2.75, 3.05) is 13.6 Å². The van der Waals surface area contributed by atoms with E-state index in [0.29, 0.717) is 13.0 Å². The van der Waals surface area contributed by atoms with Crippen LogP contribution in [0.4, 0.5) is 0 Å². The van der Waals surface area contributed by atoms with Gasteiger partial charge in [0.1, 0.15) is 0 Å². The molecule has 2 rings (SSSR count). The van der Waals surface area contributed by atoms with Gasteiger partial charge in [0.25, 0.3) is 0 Å². The van der Waals surface area contributed by atoms with Gasteiger partial charge in [0.2, 0.25) is 5.91 Å². The fourth-order valence-electron chi connectivity index (χ4n) is 2.69. The number of hydrogen-bond acceptors (Lipinski definition) is 2. The molecule has 3 nitrogen and oxygen atoms in total. The highest BCUT2D eigenvalue weighted by Gasteiger charge is 2.21. The third kappa shape index (κ3) is 4.93. The van der Waals surface area contributed by atoms with Crippen LogP contribution in [-0.4, -0.2) is 30.4 Å². The lowest BCUT2D eigenvalue weighted by atomic mass is 9.89. The topological polar surface area (TPSA) is 46.3 Å². The van der Waals surface area contributed by atoms with Gasteiger partial charge in [0, 0.05) is 26.1 Å². The molecular weight excluding hydrogens is 284 g/mol. The summed E-state index contributed by atoms with van der Waals surface area (Å²) in [6.07, 6.45) is 1.36. The monoisotopic (exact) mass is 310 g/mol. The molecular formula is C20H26N2O. The molecule has 0 aliphatic carbocycles. The number of nitrogens with zero attached hydrogens (tertiary/aromatic N) is 1. The summed E-state index contributed by atoms with van der Waals surface area (Å²) in [7, 11) is 1.84. The number of likely N-dealkylation sites (N-methyl/N-ethyl adjacent to an activating group) is 1. The maximum atomic E-state index is 12.6. The van der Waals surface area contributed by atoms with E-state index in [9.17, 15) is 4.79 Å². The average Bonchev–Trinajstić information content (AvgIpc) is 2.61. The third-order valence-corrected chi connectivity index (χ3v) is 4.41. The maximum Gasteiger partial charge on any atom is 0.223 e. The second-order valence-corrected chi connectivity index (χ2v) is 6.09. The van der Waals surface area contributed by atoms with Gasteiger partial charge in [-0.3, -0.25) is 4.79 Å². The van der Waals surface area contributed by atoms with Crippen LogP contribution in [0.2, 0.25) is 0 Å². The van der Waals surface area contributed by atoms with Crippen molar-refractivity contribution in [3.8, 4) is 0 Å². The minimum Gasteiger partial charge on any atom is -0.342 e. The van der Waals surface area contributed by atoms with Gasteiger partial charge in [-0.25, -0.2) is 0 Å². The predicted molar refractivity (Wildman–Crippen MR) is 95.2 cm³/mol. The van der Waals surface area contributed by atoms with Crippen molar-refractivity contribution in [2.45, 2.75) is 31.7 Å². The summed E-state index contributed by atoms with van der Waals surface area (Å²) in [5, 5.41) is 0. The molecule has 2 atom stereocenters. The second kappa shape index (κ2) is 8.49. The standard InChI is InChI=1S/C20H26N2O/c1-16(15-21)22(2)20(23)14-19(18-11-7-4-8-12-18)13-17-9-5-3-6-10-17/h3-12,16,19H,13-15,21H2,1-2H3. The number of carbonyl (C=O) groups is 1. The number of carbonyl (C=O) groups excluding carboxylic acids is 1. The molecule has 0 fully saturated rings. The smallest absolute Gasteiger partial charge is 0.223 e. The van der Waals surface area contributed by atoms with E-state index >= 15 is 0 Å². The van der Waals surface area contributed by atoms with Gasteiger partial charge >= 0.3 is 0 Å². The maximum absolute atomic E-state index is 12.6. The van der Waals surface area contributed by atoms with Crippen molar-refractivity contribution >= 4 is 5.91 Å². The first-order chi connectivity index (χ1) is 11.1. The third-order valence-electron chi connectivity index (χ3n) is 4.41. The van der Waals surface area contributed by atoms with E-state index in [1.54, 1.807) is 4.90 Å². The van der Waals surface area contributed by atoms with Crippen molar-refractivity contribution in [3.63, 3.8) is 0 Å². The molecule has 0 bridgehead atoms. The minimum absolute atomic E-state index is 0.0654. The zero-order valence-corrected chi connectivity index (χ0v) is 14.0. The van der Waals surface area contributed by atoms with Crippen molar-refractivity contribution in [2.24, 2.45) is 5.73 Å². The lowest BCUT2D eigenvalue weighted by Gasteiger charge is -2.26. The number of rotatable bonds is 7. The quantitative estimate of drug-likeness (QED) is 0.853. The largest absolute Gasteiger partial charge is 0.342 e. The summed E-state index contributed by atoms with van der Waals surface area (Å²) in [5.41, 5.74) is 8.14. The predicted octanol–water partition coefficient (Wildman–Crippen LogP) is 3.21. The molecule has 0 saturated heterocycles. The zero-order valence-electron chi connectivity index (χ0n) is 14.0. The van der Waals surface area contributed by atoms with Crippen molar-refractivity contribution in [1.82, 2.24) is 4.90 Å². The zero-order chi connectivity index (χ0) is 16.7. The molecule has 2 aromatic rings. The molecule has 0 aliphatic heterocycles. The Hall–Kier alpha value is -2.13. The summed E-state index contributed by atoms with van der Waals surface area (Å²) in [5.74, 6) is 0.325. The van der Waals surface area contributed by atoms with Gasteiger partial charge in [-0.2, -0.15) is 0 Å². The average molecular weight is 310 g/mol. The highest BCUT2D eigenvalue weighted by atomic mass is 16.2. The van der Waals surface area contributed by atoms with Gasteiger partial charge < -0.3 is 10.6 Å². The first-order valence-corrected chi connectivity index (χ1v) is 8.16. The SMILES string of the molecule is CC(CN)N(C)C(=O)CC(Cc1ccccc1)c1ccccc1. The minimum atomic E-state index is 0.0654. The molecule has 0 radical (unpaired) electrons. The highest BCUT2D eigenvalue weighted by molar-refractivity contribution is 5.77. The van der Waals surface area contributed by atoms with Gasteiger partial charge in [0.15, 0.2) is 0 Å². The fourth-order valence-corrected chi connectivity index (χ4v) is 2.69. The molecule has 0 aliphatic rings.